The summed E-state index contributed by atoms with van der Waals surface area (Å²) in [6.45, 7) is 6.90. The topological polar surface area (TPSA) is 73.3 Å². The molecule has 1 unspecified atom stereocenters. The molecule has 1 N–H and O–H groups in total. The molecule has 6 nitrogen and oxygen atoms in total. The summed E-state index contributed by atoms with van der Waals surface area (Å²) in [4.78, 5) is 4.17. The Balaban J connectivity index is 1.76. The van der Waals surface area contributed by atoms with Gasteiger partial charge in [-0.3, -0.25) is 0 Å². The molecule has 3 aromatic rings. The molecule has 0 saturated carbocycles. The van der Waals surface area contributed by atoms with Gasteiger partial charge >= 0.3 is 0 Å². The lowest BCUT2D eigenvalue weighted by atomic mass is 10.2. The summed E-state index contributed by atoms with van der Waals surface area (Å²) in [6.07, 6.45) is 0. The van der Waals surface area contributed by atoms with Crippen LogP contribution >= 0.6 is 0 Å². The summed E-state index contributed by atoms with van der Waals surface area (Å²) in [5.74, 6) is 2.82. The van der Waals surface area contributed by atoms with E-state index in [1.807, 2.05) is 38.1 Å². The third-order valence-electron chi connectivity index (χ3n) is 3.39. The van der Waals surface area contributed by atoms with E-state index in [9.17, 15) is 0 Å². The standard InChI is InChI=1S/C16H19N3O3/c1-4-20-13-7-5-6-12-8-14(21-16(12)13)10(2)17-9-15-18-11(3)22-19-15/h5-8,10,17H,4,9H2,1-3H3. The zero-order valence-electron chi connectivity index (χ0n) is 12.9. The number of nitrogens with zero attached hydrogens (tertiary/aromatic N) is 2. The number of nitrogens with one attached hydrogen (secondary N) is 1. The van der Waals surface area contributed by atoms with E-state index < -0.39 is 0 Å². The average molecular weight is 301 g/mol. The van der Waals surface area contributed by atoms with Crippen LogP contribution < -0.4 is 10.1 Å². The minimum Gasteiger partial charge on any atom is -0.490 e. The third-order valence-corrected chi connectivity index (χ3v) is 3.39. The molecule has 1 atom stereocenters. The van der Waals surface area contributed by atoms with Gasteiger partial charge in [-0.2, -0.15) is 4.98 Å². The number of fused-ring (bicyclic) bond motifs is 1. The van der Waals surface area contributed by atoms with E-state index in [2.05, 4.69) is 15.5 Å². The molecule has 2 aromatic heterocycles. The smallest absolute Gasteiger partial charge is 0.223 e. The maximum absolute atomic E-state index is 5.96. The second-order valence-corrected chi connectivity index (χ2v) is 5.09. The predicted molar refractivity (Wildman–Crippen MR) is 81.7 cm³/mol. The Bertz CT molecular complexity index is 763. The van der Waals surface area contributed by atoms with Crippen LogP contribution in [0.2, 0.25) is 0 Å². The number of aromatic nitrogens is 2. The van der Waals surface area contributed by atoms with Gasteiger partial charge in [0.2, 0.25) is 5.89 Å². The van der Waals surface area contributed by atoms with Gasteiger partial charge in [0.1, 0.15) is 5.76 Å². The largest absolute Gasteiger partial charge is 0.490 e. The molecule has 0 amide bonds. The summed E-state index contributed by atoms with van der Waals surface area (Å²) in [7, 11) is 0. The molecule has 0 bridgehead atoms. The quantitative estimate of drug-likeness (QED) is 0.752. The van der Waals surface area contributed by atoms with Gasteiger partial charge < -0.3 is 19.0 Å². The molecule has 1 aromatic carbocycles. The molecule has 116 valence electrons. The van der Waals surface area contributed by atoms with E-state index in [4.69, 9.17) is 13.7 Å². The molecule has 3 rings (SSSR count). The third kappa shape index (κ3) is 2.96. The Labute approximate surface area is 128 Å². The zero-order valence-corrected chi connectivity index (χ0v) is 12.9. The number of rotatable bonds is 6. The normalized spacial score (nSPS) is 12.7. The molecular formula is C16H19N3O3. The molecule has 0 spiro atoms. The second kappa shape index (κ2) is 6.19. The Hall–Kier alpha value is -2.34. The number of furan rings is 1. The number of para-hydroxylation sites is 1. The molecule has 0 fully saturated rings. The fraction of sp³-hybridized carbons (Fsp3) is 0.375. The molecule has 0 saturated heterocycles. The summed E-state index contributed by atoms with van der Waals surface area (Å²) in [5, 5.41) is 8.22. The lowest BCUT2D eigenvalue weighted by Crippen LogP contribution is -2.18. The van der Waals surface area contributed by atoms with Gasteiger partial charge in [0.25, 0.3) is 0 Å². The SMILES string of the molecule is CCOc1cccc2cc(C(C)NCc3noc(C)n3)oc12. The van der Waals surface area contributed by atoms with Crippen LogP contribution in [0.4, 0.5) is 0 Å². The Morgan fingerprint density at radius 1 is 1.36 bits per heavy atom. The summed E-state index contributed by atoms with van der Waals surface area (Å²) < 4.78 is 16.5. The Morgan fingerprint density at radius 2 is 2.23 bits per heavy atom. The number of hydrogen-bond acceptors (Lipinski definition) is 6. The lowest BCUT2D eigenvalue weighted by molar-refractivity contribution is 0.335. The first kappa shape index (κ1) is 14.6. The molecule has 22 heavy (non-hydrogen) atoms. The number of benzene rings is 1. The van der Waals surface area contributed by atoms with Gasteiger partial charge in [-0.1, -0.05) is 17.3 Å². The van der Waals surface area contributed by atoms with Gasteiger partial charge in [0, 0.05) is 12.3 Å². The van der Waals surface area contributed by atoms with Crippen LogP contribution in [0.3, 0.4) is 0 Å². The number of hydrogen-bond donors (Lipinski definition) is 1. The van der Waals surface area contributed by atoms with E-state index in [1.54, 1.807) is 6.92 Å². The van der Waals surface area contributed by atoms with E-state index in [1.165, 1.54) is 0 Å². The summed E-state index contributed by atoms with van der Waals surface area (Å²) >= 11 is 0. The van der Waals surface area contributed by atoms with Crippen molar-refractivity contribution in [3.63, 3.8) is 0 Å². The van der Waals surface area contributed by atoms with Crippen molar-refractivity contribution < 1.29 is 13.7 Å². The molecule has 2 heterocycles. The Morgan fingerprint density at radius 3 is 2.95 bits per heavy atom. The van der Waals surface area contributed by atoms with Crippen LogP contribution in [0.15, 0.2) is 33.2 Å². The van der Waals surface area contributed by atoms with Crippen molar-refractivity contribution >= 4 is 11.0 Å². The van der Waals surface area contributed by atoms with Crippen molar-refractivity contribution in [2.75, 3.05) is 6.61 Å². The summed E-state index contributed by atoms with van der Waals surface area (Å²) in [6, 6.07) is 7.95. The van der Waals surface area contributed by atoms with Gasteiger partial charge in [-0.25, -0.2) is 0 Å². The number of ether oxygens (including phenoxy) is 1. The Kier molecular flexibility index (Phi) is 4.11. The van der Waals surface area contributed by atoms with Gasteiger partial charge in [-0.05, 0) is 26.0 Å². The van der Waals surface area contributed by atoms with Crippen molar-refractivity contribution in [1.29, 1.82) is 0 Å². The highest BCUT2D eigenvalue weighted by Gasteiger charge is 2.14. The zero-order chi connectivity index (χ0) is 15.5. The minimum absolute atomic E-state index is 0.0284. The minimum atomic E-state index is 0.0284. The van der Waals surface area contributed by atoms with Crippen LogP contribution in [0, 0.1) is 6.92 Å². The lowest BCUT2D eigenvalue weighted by Gasteiger charge is -2.09. The van der Waals surface area contributed by atoms with Gasteiger partial charge in [-0.15, -0.1) is 0 Å². The molecule has 0 aliphatic heterocycles. The fourth-order valence-electron chi connectivity index (χ4n) is 2.30. The van der Waals surface area contributed by atoms with Crippen molar-refractivity contribution in [1.82, 2.24) is 15.5 Å². The van der Waals surface area contributed by atoms with Crippen molar-refractivity contribution in [2.24, 2.45) is 0 Å². The monoisotopic (exact) mass is 301 g/mol. The van der Waals surface area contributed by atoms with Crippen LogP contribution in [0.1, 0.15) is 37.4 Å². The highest BCUT2D eigenvalue weighted by molar-refractivity contribution is 5.83. The van der Waals surface area contributed by atoms with E-state index in [-0.39, 0.29) is 6.04 Å². The molecule has 6 heteroatoms. The van der Waals surface area contributed by atoms with E-state index >= 15 is 0 Å². The second-order valence-electron chi connectivity index (χ2n) is 5.09. The van der Waals surface area contributed by atoms with Crippen molar-refractivity contribution in [3.05, 3.63) is 41.7 Å². The molecule has 0 radical (unpaired) electrons. The van der Waals surface area contributed by atoms with Crippen molar-refractivity contribution in [2.45, 2.75) is 33.4 Å². The summed E-state index contributed by atoms with van der Waals surface area (Å²) in [5.41, 5.74) is 0.781. The number of aryl methyl sites for hydroxylation is 1. The first-order valence-corrected chi connectivity index (χ1v) is 7.35. The van der Waals surface area contributed by atoms with Gasteiger partial charge in [0.05, 0.1) is 19.2 Å². The van der Waals surface area contributed by atoms with Crippen molar-refractivity contribution in [3.8, 4) is 5.75 Å². The van der Waals surface area contributed by atoms with Crippen LogP contribution in [0.5, 0.6) is 5.75 Å². The molecular weight excluding hydrogens is 282 g/mol. The van der Waals surface area contributed by atoms with E-state index in [0.717, 1.165) is 22.5 Å². The maximum atomic E-state index is 5.96. The first-order chi connectivity index (χ1) is 10.7. The predicted octanol–water partition coefficient (Wildman–Crippen LogP) is 3.37. The first-order valence-electron chi connectivity index (χ1n) is 7.35. The highest BCUT2D eigenvalue weighted by Crippen LogP contribution is 2.31. The highest BCUT2D eigenvalue weighted by atomic mass is 16.5. The van der Waals surface area contributed by atoms with E-state index in [0.29, 0.717) is 24.9 Å². The van der Waals surface area contributed by atoms with Crippen LogP contribution in [-0.4, -0.2) is 16.7 Å². The maximum Gasteiger partial charge on any atom is 0.223 e. The van der Waals surface area contributed by atoms with Crippen LogP contribution in [-0.2, 0) is 6.54 Å². The fourth-order valence-corrected chi connectivity index (χ4v) is 2.30. The van der Waals surface area contributed by atoms with Gasteiger partial charge in [0.15, 0.2) is 17.2 Å². The molecule has 0 aliphatic carbocycles. The molecule has 0 aliphatic rings. The van der Waals surface area contributed by atoms with Crippen LogP contribution in [0.25, 0.3) is 11.0 Å². The average Bonchev–Trinajstić information content (AvgIpc) is 3.12.